The molecule has 1 aromatic heterocycles. The van der Waals surface area contributed by atoms with E-state index in [1.807, 2.05) is 10.9 Å². The predicted octanol–water partition coefficient (Wildman–Crippen LogP) is 2.72. The Kier molecular flexibility index (Phi) is 5.83. The molecular formula is C16H28N4O2. The average Bonchev–Trinajstić information content (AvgIpc) is 3.05. The number of nitrogens with zero attached hydrogens (tertiary/aromatic N) is 2. The number of nitrogens with one attached hydrogen (secondary N) is 2. The van der Waals surface area contributed by atoms with E-state index in [9.17, 15) is 4.79 Å². The highest BCUT2D eigenvalue weighted by Crippen LogP contribution is 2.26. The Morgan fingerprint density at radius 3 is 2.91 bits per heavy atom. The zero-order chi connectivity index (χ0) is 16.1. The van der Waals surface area contributed by atoms with Crippen molar-refractivity contribution in [3.05, 3.63) is 12.4 Å². The van der Waals surface area contributed by atoms with Crippen molar-refractivity contribution in [2.75, 3.05) is 18.5 Å². The standard InChI is InChI=1S/C16H28N4O2/c1-11(2)9-20-10-14(8-18-20)19-16(21)17-7-13-5-6-22-15(13)12(3)4/h8,10-13,15H,5-7,9H2,1-4H3,(H2,17,19,21)/t13-,15+/m0/s1. The quantitative estimate of drug-likeness (QED) is 0.849. The largest absolute Gasteiger partial charge is 0.378 e. The van der Waals surface area contributed by atoms with Gasteiger partial charge in [0.05, 0.1) is 18.0 Å². The predicted molar refractivity (Wildman–Crippen MR) is 86.8 cm³/mol. The maximum Gasteiger partial charge on any atom is 0.319 e. The van der Waals surface area contributed by atoms with Gasteiger partial charge in [-0.05, 0) is 18.3 Å². The molecular weight excluding hydrogens is 280 g/mol. The molecule has 22 heavy (non-hydrogen) atoms. The highest BCUT2D eigenvalue weighted by atomic mass is 16.5. The number of carbonyl (C=O) groups excluding carboxylic acids is 1. The lowest BCUT2D eigenvalue weighted by Crippen LogP contribution is -2.37. The summed E-state index contributed by atoms with van der Waals surface area (Å²) in [4.78, 5) is 12.0. The first-order chi connectivity index (χ1) is 10.5. The Balaban J connectivity index is 1.77. The monoisotopic (exact) mass is 308 g/mol. The molecule has 0 saturated carbocycles. The number of carbonyl (C=O) groups is 1. The van der Waals surface area contributed by atoms with E-state index in [2.05, 4.69) is 43.4 Å². The molecule has 6 nitrogen and oxygen atoms in total. The second-order valence-corrected chi connectivity index (χ2v) is 6.81. The summed E-state index contributed by atoms with van der Waals surface area (Å²) in [5, 5.41) is 10.0. The topological polar surface area (TPSA) is 68.2 Å². The molecule has 1 aliphatic rings. The van der Waals surface area contributed by atoms with Crippen LogP contribution in [0.15, 0.2) is 12.4 Å². The van der Waals surface area contributed by atoms with E-state index in [0.29, 0.717) is 24.3 Å². The smallest absolute Gasteiger partial charge is 0.319 e. The molecule has 0 radical (unpaired) electrons. The van der Waals surface area contributed by atoms with Crippen LogP contribution >= 0.6 is 0 Å². The van der Waals surface area contributed by atoms with Gasteiger partial charge in [0.25, 0.3) is 0 Å². The van der Waals surface area contributed by atoms with Crippen LogP contribution in [-0.2, 0) is 11.3 Å². The SMILES string of the molecule is CC(C)Cn1cc(NC(=O)NC[C@@H]2CCO[C@@H]2C(C)C)cn1. The van der Waals surface area contributed by atoms with Gasteiger partial charge >= 0.3 is 6.03 Å². The molecule has 1 aromatic rings. The second kappa shape index (κ2) is 7.63. The van der Waals surface area contributed by atoms with Crippen molar-refractivity contribution >= 4 is 11.7 Å². The van der Waals surface area contributed by atoms with Gasteiger partial charge in [0.2, 0.25) is 0 Å². The van der Waals surface area contributed by atoms with E-state index in [-0.39, 0.29) is 12.1 Å². The van der Waals surface area contributed by atoms with Crippen LogP contribution in [0.5, 0.6) is 0 Å². The van der Waals surface area contributed by atoms with E-state index < -0.39 is 0 Å². The third-order valence-corrected chi connectivity index (χ3v) is 3.89. The van der Waals surface area contributed by atoms with Crippen LogP contribution in [0.3, 0.4) is 0 Å². The molecule has 2 atom stereocenters. The van der Waals surface area contributed by atoms with E-state index >= 15 is 0 Å². The second-order valence-electron chi connectivity index (χ2n) is 6.81. The summed E-state index contributed by atoms with van der Waals surface area (Å²) >= 11 is 0. The Morgan fingerprint density at radius 2 is 2.23 bits per heavy atom. The Labute approximate surface area is 132 Å². The van der Waals surface area contributed by atoms with Gasteiger partial charge in [0, 0.05) is 31.8 Å². The summed E-state index contributed by atoms with van der Waals surface area (Å²) in [6, 6.07) is -0.182. The van der Waals surface area contributed by atoms with Crippen molar-refractivity contribution in [3.63, 3.8) is 0 Å². The molecule has 0 bridgehead atoms. The van der Waals surface area contributed by atoms with E-state index in [1.54, 1.807) is 6.20 Å². The van der Waals surface area contributed by atoms with Crippen molar-refractivity contribution in [1.29, 1.82) is 0 Å². The number of hydrogen-bond acceptors (Lipinski definition) is 3. The molecule has 2 heterocycles. The Hall–Kier alpha value is -1.56. The van der Waals surface area contributed by atoms with Crippen molar-refractivity contribution in [2.24, 2.45) is 17.8 Å². The van der Waals surface area contributed by atoms with Crippen molar-refractivity contribution in [2.45, 2.75) is 46.8 Å². The van der Waals surface area contributed by atoms with Crippen molar-refractivity contribution in [1.82, 2.24) is 15.1 Å². The van der Waals surface area contributed by atoms with Crippen LogP contribution in [0.4, 0.5) is 10.5 Å². The number of ether oxygens (including phenoxy) is 1. The summed E-state index contributed by atoms with van der Waals surface area (Å²) in [5.41, 5.74) is 0.723. The number of aromatic nitrogens is 2. The van der Waals surface area contributed by atoms with Crippen LogP contribution < -0.4 is 10.6 Å². The third kappa shape index (κ3) is 4.73. The van der Waals surface area contributed by atoms with Crippen molar-refractivity contribution < 1.29 is 9.53 Å². The minimum absolute atomic E-state index is 0.182. The highest BCUT2D eigenvalue weighted by molar-refractivity contribution is 5.88. The fraction of sp³-hybridized carbons (Fsp3) is 0.750. The first-order valence-electron chi connectivity index (χ1n) is 8.14. The minimum atomic E-state index is -0.182. The number of anilines is 1. The van der Waals surface area contributed by atoms with E-state index in [0.717, 1.165) is 25.3 Å². The summed E-state index contributed by atoms with van der Waals surface area (Å²) in [6.07, 6.45) is 4.79. The lowest BCUT2D eigenvalue weighted by molar-refractivity contribution is 0.0546. The summed E-state index contributed by atoms with van der Waals surface area (Å²) in [5.74, 6) is 1.40. The molecule has 1 fully saturated rings. The van der Waals surface area contributed by atoms with Crippen LogP contribution in [0, 0.1) is 17.8 Å². The van der Waals surface area contributed by atoms with Crippen LogP contribution in [0.2, 0.25) is 0 Å². The zero-order valence-corrected chi connectivity index (χ0v) is 14.0. The minimum Gasteiger partial charge on any atom is -0.378 e. The third-order valence-electron chi connectivity index (χ3n) is 3.89. The lowest BCUT2D eigenvalue weighted by atomic mass is 9.93. The molecule has 0 unspecified atom stereocenters. The lowest BCUT2D eigenvalue weighted by Gasteiger charge is -2.22. The molecule has 124 valence electrons. The van der Waals surface area contributed by atoms with Crippen LogP contribution in [0.1, 0.15) is 34.1 Å². The van der Waals surface area contributed by atoms with E-state index in [1.165, 1.54) is 0 Å². The summed E-state index contributed by atoms with van der Waals surface area (Å²) in [7, 11) is 0. The summed E-state index contributed by atoms with van der Waals surface area (Å²) < 4.78 is 7.58. The Morgan fingerprint density at radius 1 is 1.45 bits per heavy atom. The molecule has 0 spiro atoms. The van der Waals surface area contributed by atoms with Gasteiger partial charge in [-0.15, -0.1) is 0 Å². The first-order valence-corrected chi connectivity index (χ1v) is 8.14. The number of amides is 2. The number of urea groups is 1. The zero-order valence-electron chi connectivity index (χ0n) is 14.0. The fourth-order valence-corrected chi connectivity index (χ4v) is 2.91. The normalized spacial score (nSPS) is 21.5. The summed E-state index contributed by atoms with van der Waals surface area (Å²) in [6.45, 7) is 10.9. The van der Waals surface area contributed by atoms with Gasteiger partial charge in [-0.2, -0.15) is 5.10 Å². The molecule has 2 N–H and O–H groups in total. The molecule has 2 amide bonds. The molecule has 6 heteroatoms. The van der Waals surface area contributed by atoms with Crippen LogP contribution in [0.25, 0.3) is 0 Å². The van der Waals surface area contributed by atoms with Gasteiger partial charge in [0.15, 0.2) is 0 Å². The molecule has 1 saturated heterocycles. The van der Waals surface area contributed by atoms with Gasteiger partial charge in [-0.25, -0.2) is 4.79 Å². The van der Waals surface area contributed by atoms with E-state index in [4.69, 9.17) is 4.74 Å². The Bertz CT molecular complexity index is 484. The maximum absolute atomic E-state index is 12.0. The first kappa shape index (κ1) is 16.8. The maximum atomic E-state index is 12.0. The molecule has 2 rings (SSSR count). The fourth-order valence-electron chi connectivity index (χ4n) is 2.91. The molecule has 0 aromatic carbocycles. The van der Waals surface area contributed by atoms with Gasteiger partial charge in [-0.1, -0.05) is 27.7 Å². The van der Waals surface area contributed by atoms with Crippen LogP contribution in [-0.4, -0.2) is 35.1 Å². The van der Waals surface area contributed by atoms with Gasteiger partial charge < -0.3 is 15.4 Å². The van der Waals surface area contributed by atoms with Gasteiger partial charge in [-0.3, -0.25) is 4.68 Å². The average molecular weight is 308 g/mol. The number of hydrogen-bond donors (Lipinski definition) is 2. The number of rotatable bonds is 6. The van der Waals surface area contributed by atoms with Crippen molar-refractivity contribution in [3.8, 4) is 0 Å². The molecule has 0 aliphatic carbocycles. The molecule has 1 aliphatic heterocycles. The van der Waals surface area contributed by atoms with Gasteiger partial charge in [0.1, 0.15) is 0 Å². The highest BCUT2D eigenvalue weighted by Gasteiger charge is 2.30.